The second-order valence-corrected chi connectivity index (χ2v) is 5.65. The number of nitrogens with one attached hydrogen (secondary N) is 1. The summed E-state index contributed by atoms with van der Waals surface area (Å²) < 4.78 is 18.0. The first-order valence-corrected chi connectivity index (χ1v) is 7.45. The maximum Gasteiger partial charge on any atom is 0.307 e. The van der Waals surface area contributed by atoms with Crippen LogP contribution in [0.15, 0.2) is 36.0 Å². The van der Waals surface area contributed by atoms with Gasteiger partial charge >= 0.3 is 5.97 Å². The molecule has 0 aliphatic rings. The number of thiophene rings is 1. The van der Waals surface area contributed by atoms with E-state index < -0.39 is 0 Å². The van der Waals surface area contributed by atoms with Gasteiger partial charge in [0.05, 0.1) is 25.8 Å². The van der Waals surface area contributed by atoms with E-state index in [2.05, 4.69) is 10.3 Å². The monoisotopic (exact) mass is 308 g/mol. The summed E-state index contributed by atoms with van der Waals surface area (Å²) in [5.74, 6) is -0.660. The van der Waals surface area contributed by atoms with Crippen molar-refractivity contribution in [3.8, 4) is 0 Å². The minimum Gasteiger partial charge on any atom is -0.469 e. The van der Waals surface area contributed by atoms with Crippen LogP contribution in [0.5, 0.6) is 0 Å². The van der Waals surface area contributed by atoms with Gasteiger partial charge < -0.3 is 10.1 Å². The normalized spacial score (nSPS) is 13.7. The van der Waals surface area contributed by atoms with Crippen LogP contribution in [0, 0.1) is 5.82 Å². The lowest BCUT2D eigenvalue weighted by atomic mass is 10.1. The highest BCUT2D eigenvalue weighted by molar-refractivity contribution is 7.10. The average Bonchev–Trinajstić information content (AvgIpc) is 3.00. The number of rotatable bonds is 6. The topological polar surface area (TPSA) is 51.2 Å². The van der Waals surface area contributed by atoms with E-state index in [1.54, 1.807) is 17.5 Å². The fourth-order valence-electron chi connectivity index (χ4n) is 2.04. The molecular weight excluding hydrogens is 291 g/mol. The summed E-state index contributed by atoms with van der Waals surface area (Å²) >= 11 is 1.56. The number of esters is 1. The third kappa shape index (κ3) is 4.34. The third-order valence-corrected chi connectivity index (χ3v) is 4.15. The molecule has 0 aliphatic heterocycles. The maximum absolute atomic E-state index is 13.2. The van der Waals surface area contributed by atoms with Gasteiger partial charge in [0.15, 0.2) is 0 Å². The highest BCUT2D eigenvalue weighted by Crippen LogP contribution is 2.26. The number of carbonyl (C=O) groups excluding carboxylic acids is 1. The molecule has 4 nitrogen and oxygen atoms in total. The van der Waals surface area contributed by atoms with E-state index >= 15 is 0 Å². The summed E-state index contributed by atoms with van der Waals surface area (Å²) in [6, 6.07) is 5.02. The SMILES string of the molecule is COC(=O)CC(NC(C)c1cncc(F)c1)c1cccs1. The summed E-state index contributed by atoms with van der Waals surface area (Å²) in [7, 11) is 1.37. The summed E-state index contributed by atoms with van der Waals surface area (Å²) in [6.07, 6.45) is 3.01. The van der Waals surface area contributed by atoms with Gasteiger partial charge in [0.1, 0.15) is 5.82 Å². The number of hydrogen-bond acceptors (Lipinski definition) is 5. The van der Waals surface area contributed by atoms with Crippen LogP contribution in [-0.2, 0) is 9.53 Å². The van der Waals surface area contributed by atoms with Crippen LogP contribution in [0.25, 0.3) is 0 Å². The Morgan fingerprint density at radius 2 is 2.33 bits per heavy atom. The predicted molar refractivity (Wildman–Crippen MR) is 79.4 cm³/mol. The van der Waals surface area contributed by atoms with Gasteiger partial charge in [-0.1, -0.05) is 6.07 Å². The second kappa shape index (κ2) is 7.28. The van der Waals surface area contributed by atoms with E-state index in [-0.39, 0.29) is 30.3 Å². The zero-order chi connectivity index (χ0) is 15.2. The smallest absolute Gasteiger partial charge is 0.307 e. The van der Waals surface area contributed by atoms with Crippen LogP contribution in [0.3, 0.4) is 0 Å². The van der Waals surface area contributed by atoms with Gasteiger partial charge in [0.2, 0.25) is 0 Å². The zero-order valence-corrected chi connectivity index (χ0v) is 12.7. The molecule has 6 heteroatoms. The molecule has 1 N–H and O–H groups in total. The number of hydrogen-bond donors (Lipinski definition) is 1. The summed E-state index contributed by atoms with van der Waals surface area (Å²) in [4.78, 5) is 16.4. The molecular formula is C15H17FN2O2S. The highest BCUT2D eigenvalue weighted by Gasteiger charge is 2.20. The van der Waals surface area contributed by atoms with Crippen molar-refractivity contribution in [3.63, 3.8) is 0 Å². The third-order valence-electron chi connectivity index (χ3n) is 3.16. The molecule has 0 saturated carbocycles. The average molecular weight is 308 g/mol. The maximum atomic E-state index is 13.2. The van der Waals surface area contributed by atoms with Crippen LogP contribution in [-0.4, -0.2) is 18.1 Å². The van der Waals surface area contributed by atoms with Crippen molar-refractivity contribution in [2.24, 2.45) is 0 Å². The number of aromatic nitrogens is 1. The van der Waals surface area contributed by atoms with Crippen LogP contribution >= 0.6 is 11.3 Å². The van der Waals surface area contributed by atoms with Gasteiger partial charge in [-0.25, -0.2) is 4.39 Å². The first-order chi connectivity index (χ1) is 10.1. The molecule has 0 aromatic carbocycles. The van der Waals surface area contributed by atoms with Crippen molar-refractivity contribution in [1.82, 2.24) is 10.3 Å². The van der Waals surface area contributed by atoms with E-state index in [1.165, 1.54) is 19.4 Å². The molecule has 2 aromatic heterocycles. The standard InChI is InChI=1S/C15H17FN2O2S/c1-10(11-6-12(16)9-17-8-11)18-13(7-15(19)20-2)14-4-3-5-21-14/h3-6,8-10,13,18H,7H2,1-2H3. The van der Waals surface area contributed by atoms with Crippen LogP contribution in [0.2, 0.25) is 0 Å². The lowest BCUT2D eigenvalue weighted by molar-refractivity contribution is -0.141. The molecule has 0 fully saturated rings. The molecule has 112 valence electrons. The quantitative estimate of drug-likeness (QED) is 0.832. The van der Waals surface area contributed by atoms with Gasteiger partial charge in [-0.3, -0.25) is 9.78 Å². The number of nitrogens with zero attached hydrogens (tertiary/aromatic N) is 1. The molecule has 0 saturated heterocycles. The van der Waals surface area contributed by atoms with Crippen molar-refractivity contribution in [2.45, 2.75) is 25.4 Å². The largest absolute Gasteiger partial charge is 0.469 e. The van der Waals surface area contributed by atoms with Crippen LogP contribution < -0.4 is 5.32 Å². The minimum atomic E-state index is -0.373. The van der Waals surface area contributed by atoms with E-state index in [1.807, 2.05) is 24.4 Å². The van der Waals surface area contributed by atoms with E-state index in [0.29, 0.717) is 0 Å². The zero-order valence-electron chi connectivity index (χ0n) is 11.9. The van der Waals surface area contributed by atoms with E-state index in [9.17, 15) is 9.18 Å². The Kier molecular flexibility index (Phi) is 5.41. The highest BCUT2D eigenvalue weighted by atomic mass is 32.1. The Hall–Kier alpha value is -1.79. The van der Waals surface area contributed by atoms with Gasteiger partial charge in [-0.2, -0.15) is 0 Å². The van der Waals surface area contributed by atoms with E-state index in [4.69, 9.17) is 4.74 Å². The fourth-order valence-corrected chi connectivity index (χ4v) is 2.83. The number of methoxy groups -OCH3 is 1. The fraction of sp³-hybridized carbons (Fsp3) is 0.333. The van der Waals surface area contributed by atoms with Crippen molar-refractivity contribution >= 4 is 17.3 Å². The molecule has 2 rings (SSSR count). The van der Waals surface area contributed by atoms with Gasteiger partial charge in [0, 0.05) is 17.1 Å². The molecule has 2 atom stereocenters. The summed E-state index contributed by atoms with van der Waals surface area (Å²) in [5, 5.41) is 5.29. The molecule has 2 aromatic rings. The number of halogens is 1. The van der Waals surface area contributed by atoms with Crippen molar-refractivity contribution in [1.29, 1.82) is 0 Å². The number of pyridine rings is 1. The van der Waals surface area contributed by atoms with E-state index in [0.717, 1.165) is 10.4 Å². The molecule has 0 amide bonds. The Morgan fingerprint density at radius 1 is 1.52 bits per heavy atom. The molecule has 0 radical (unpaired) electrons. The lowest BCUT2D eigenvalue weighted by Gasteiger charge is -2.22. The predicted octanol–water partition coefficient (Wildman–Crippen LogP) is 3.24. The first kappa shape index (κ1) is 15.6. The first-order valence-electron chi connectivity index (χ1n) is 6.57. The van der Waals surface area contributed by atoms with Crippen LogP contribution in [0.1, 0.15) is 35.9 Å². The summed E-state index contributed by atoms with van der Waals surface area (Å²) in [6.45, 7) is 1.91. The summed E-state index contributed by atoms with van der Waals surface area (Å²) in [5.41, 5.74) is 0.737. The molecule has 2 unspecified atom stereocenters. The van der Waals surface area contributed by atoms with Gasteiger partial charge in [-0.15, -0.1) is 11.3 Å². The molecule has 0 spiro atoms. The minimum absolute atomic E-state index is 0.134. The van der Waals surface area contributed by atoms with Gasteiger partial charge in [0.25, 0.3) is 0 Å². The number of ether oxygens (including phenoxy) is 1. The van der Waals surface area contributed by atoms with Crippen molar-refractivity contribution < 1.29 is 13.9 Å². The molecule has 0 bridgehead atoms. The van der Waals surface area contributed by atoms with Gasteiger partial charge in [-0.05, 0) is 30.0 Å². The molecule has 0 aliphatic carbocycles. The van der Waals surface area contributed by atoms with Crippen LogP contribution in [0.4, 0.5) is 4.39 Å². The Balaban J connectivity index is 2.12. The molecule has 2 heterocycles. The van der Waals surface area contributed by atoms with Crippen molar-refractivity contribution in [2.75, 3.05) is 7.11 Å². The lowest BCUT2D eigenvalue weighted by Crippen LogP contribution is -2.26. The Bertz CT molecular complexity index is 589. The Morgan fingerprint density at radius 3 is 2.95 bits per heavy atom. The van der Waals surface area contributed by atoms with Crippen molar-refractivity contribution in [3.05, 3.63) is 52.2 Å². The Labute approximate surface area is 127 Å². The second-order valence-electron chi connectivity index (χ2n) is 4.67. The molecule has 21 heavy (non-hydrogen) atoms. The number of carbonyl (C=O) groups is 1.